The molecule has 29 heavy (non-hydrogen) atoms. The summed E-state index contributed by atoms with van der Waals surface area (Å²) >= 11 is 0. The van der Waals surface area contributed by atoms with Gasteiger partial charge in [-0.25, -0.2) is 9.18 Å². The molecule has 0 unspecified atom stereocenters. The summed E-state index contributed by atoms with van der Waals surface area (Å²) in [6.07, 6.45) is 0.748. The molecule has 7 heteroatoms. The standard InChI is InChI=1S/C22H20FN3O3/c1-25-20(27)18-17(15-8-10-16(23)11-9-15)19(29-21(18)26(2)22(25)28)24-13-12-14-6-4-3-5-7-14/h3-11,24H,12-13H2,1-2H3. The number of fused-ring (bicyclic) bond motifs is 1. The maximum absolute atomic E-state index is 13.4. The van der Waals surface area contributed by atoms with Crippen LogP contribution in [0.1, 0.15) is 5.56 Å². The van der Waals surface area contributed by atoms with Crippen molar-refractivity contribution < 1.29 is 8.81 Å². The van der Waals surface area contributed by atoms with Crippen LogP contribution in [0.15, 0.2) is 68.6 Å². The lowest BCUT2D eigenvalue weighted by Crippen LogP contribution is -2.36. The summed E-state index contributed by atoms with van der Waals surface area (Å²) < 4.78 is 21.7. The third-order valence-corrected chi connectivity index (χ3v) is 4.96. The predicted molar refractivity (Wildman–Crippen MR) is 111 cm³/mol. The number of anilines is 1. The van der Waals surface area contributed by atoms with Crippen LogP contribution in [0, 0.1) is 5.82 Å². The molecule has 0 bridgehead atoms. The summed E-state index contributed by atoms with van der Waals surface area (Å²) in [5, 5.41) is 3.51. The van der Waals surface area contributed by atoms with E-state index in [1.54, 1.807) is 19.2 Å². The Bertz CT molecular complexity index is 1290. The van der Waals surface area contributed by atoms with E-state index in [-0.39, 0.29) is 16.9 Å². The summed E-state index contributed by atoms with van der Waals surface area (Å²) in [6, 6.07) is 15.8. The Morgan fingerprint density at radius 3 is 2.34 bits per heavy atom. The van der Waals surface area contributed by atoms with Gasteiger partial charge >= 0.3 is 5.69 Å². The molecule has 0 spiro atoms. The zero-order valence-electron chi connectivity index (χ0n) is 16.1. The highest BCUT2D eigenvalue weighted by Gasteiger charge is 2.23. The second kappa shape index (κ2) is 7.43. The average Bonchev–Trinajstić information content (AvgIpc) is 3.12. The van der Waals surface area contributed by atoms with Crippen LogP contribution in [0.4, 0.5) is 10.3 Å². The molecule has 0 radical (unpaired) electrons. The van der Waals surface area contributed by atoms with Gasteiger partial charge in [-0.2, -0.15) is 0 Å². The van der Waals surface area contributed by atoms with Gasteiger partial charge in [0.05, 0.1) is 5.56 Å². The van der Waals surface area contributed by atoms with E-state index in [0.29, 0.717) is 23.6 Å². The molecule has 2 aromatic heterocycles. The molecule has 0 saturated heterocycles. The van der Waals surface area contributed by atoms with Crippen molar-refractivity contribution in [3.63, 3.8) is 0 Å². The van der Waals surface area contributed by atoms with Gasteiger partial charge in [-0.15, -0.1) is 0 Å². The number of hydrogen-bond donors (Lipinski definition) is 1. The van der Waals surface area contributed by atoms with Gasteiger partial charge < -0.3 is 9.73 Å². The Morgan fingerprint density at radius 2 is 1.66 bits per heavy atom. The maximum atomic E-state index is 13.4. The SMILES string of the molecule is Cn1c(=O)c2c(-c3ccc(F)cc3)c(NCCc3ccccc3)oc2n(C)c1=O. The van der Waals surface area contributed by atoms with Crippen LogP contribution < -0.4 is 16.6 Å². The van der Waals surface area contributed by atoms with Crippen LogP contribution in [0.2, 0.25) is 0 Å². The van der Waals surface area contributed by atoms with Crippen molar-refractivity contribution in [3.8, 4) is 11.1 Å². The number of rotatable bonds is 5. The van der Waals surface area contributed by atoms with Gasteiger partial charge in [-0.3, -0.25) is 13.9 Å². The van der Waals surface area contributed by atoms with E-state index in [4.69, 9.17) is 4.42 Å². The Balaban J connectivity index is 1.84. The second-order valence-electron chi connectivity index (χ2n) is 6.86. The third kappa shape index (κ3) is 3.35. The molecule has 0 atom stereocenters. The van der Waals surface area contributed by atoms with Gasteiger partial charge in [0.25, 0.3) is 5.56 Å². The topological polar surface area (TPSA) is 69.2 Å². The Hall–Kier alpha value is -3.61. The fourth-order valence-corrected chi connectivity index (χ4v) is 3.40. The van der Waals surface area contributed by atoms with Gasteiger partial charge in [0, 0.05) is 20.6 Å². The quantitative estimate of drug-likeness (QED) is 0.565. The van der Waals surface area contributed by atoms with E-state index in [9.17, 15) is 14.0 Å². The largest absolute Gasteiger partial charge is 0.423 e. The van der Waals surface area contributed by atoms with Crippen molar-refractivity contribution in [2.45, 2.75) is 6.42 Å². The Labute approximate surface area is 165 Å². The fourth-order valence-electron chi connectivity index (χ4n) is 3.40. The van der Waals surface area contributed by atoms with E-state index in [1.807, 2.05) is 30.3 Å². The third-order valence-electron chi connectivity index (χ3n) is 4.96. The highest BCUT2D eigenvalue weighted by atomic mass is 19.1. The van der Waals surface area contributed by atoms with Gasteiger partial charge in [-0.05, 0) is 29.7 Å². The number of aromatic nitrogens is 2. The summed E-state index contributed by atoms with van der Waals surface area (Å²) in [5.74, 6) is 0.00118. The summed E-state index contributed by atoms with van der Waals surface area (Å²) in [6.45, 7) is 0.562. The monoisotopic (exact) mass is 393 g/mol. The predicted octanol–water partition coefficient (Wildman–Crippen LogP) is 3.29. The van der Waals surface area contributed by atoms with Gasteiger partial charge in [-0.1, -0.05) is 42.5 Å². The first kappa shape index (κ1) is 18.7. The normalized spacial score (nSPS) is 11.1. The summed E-state index contributed by atoms with van der Waals surface area (Å²) in [5.41, 5.74) is 1.55. The van der Waals surface area contributed by atoms with Crippen LogP contribution in [-0.2, 0) is 20.5 Å². The molecular formula is C22H20FN3O3. The highest BCUT2D eigenvalue weighted by molar-refractivity contribution is 5.98. The van der Waals surface area contributed by atoms with Crippen LogP contribution in [0.3, 0.4) is 0 Å². The number of furan rings is 1. The number of nitrogens with zero attached hydrogens (tertiary/aromatic N) is 2. The van der Waals surface area contributed by atoms with Crippen LogP contribution >= 0.6 is 0 Å². The van der Waals surface area contributed by atoms with Crippen molar-refractivity contribution in [2.24, 2.45) is 14.1 Å². The van der Waals surface area contributed by atoms with Crippen LogP contribution in [0.25, 0.3) is 22.2 Å². The van der Waals surface area contributed by atoms with Crippen molar-refractivity contribution in [3.05, 3.63) is 86.8 Å². The van der Waals surface area contributed by atoms with E-state index >= 15 is 0 Å². The Kier molecular flexibility index (Phi) is 4.80. The Morgan fingerprint density at radius 1 is 0.966 bits per heavy atom. The van der Waals surface area contributed by atoms with Gasteiger partial charge in [0.2, 0.25) is 11.6 Å². The fraction of sp³-hybridized carbons (Fsp3) is 0.182. The smallest absolute Gasteiger partial charge is 0.333 e. The zero-order chi connectivity index (χ0) is 20.5. The van der Waals surface area contributed by atoms with Crippen molar-refractivity contribution in [2.75, 3.05) is 11.9 Å². The molecule has 0 aliphatic rings. The molecule has 0 amide bonds. The van der Waals surface area contributed by atoms with Crippen molar-refractivity contribution in [1.82, 2.24) is 9.13 Å². The molecule has 2 aromatic carbocycles. The van der Waals surface area contributed by atoms with Crippen molar-refractivity contribution >= 4 is 17.0 Å². The van der Waals surface area contributed by atoms with Gasteiger partial charge in [0.15, 0.2) is 0 Å². The lowest BCUT2D eigenvalue weighted by Gasteiger charge is -2.07. The number of hydrogen-bond acceptors (Lipinski definition) is 4. The molecule has 2 heterocycles. The first-order valence-electron chi connectivity index (χ1n) is 9.23. The molecule has 0 saturated carbocycles. The maximum Gasteiger partial charge on any atom is 0.333 e. The minimum Gasteiger partial charge on any atom is -0.423 e. The molecule has 0 fully saturated rings. The van der Waals surface area contributed by atoms with Crippen LogP contribution in [-0.4, -0.2) is 15.7 Å². The van der Waals surface area contributed by atoms with E-state index in [2.05, 4.69) is 5.32 Å². The molecule has 148 valence electrons. The number of halogens is 1. The van der Waals surface area contributed by atoms with E-state index in [1.165, 1.54) is 23.7 Å². The number of nitrogens with one attached hydrogen (secondary N) is 1. The number of aryl methyl sites for hydroxylation is 1. The van der Waals surface area contributed by atoms with E-state index in [0.717, 1.165) is 16.6 Å². The molecule has 1 N–H and O–H groups in total. The molecule has 0 aliphatic heterocycles. The molecule has 4 rings (SSSR count). The molecule has 4 aromatic rings. The first-order valence-corrected chi connectivity index (χ1v) is 9.23. The van der Waals surface area contributed by atoms with Crippen molar-refractivity contribution in [1.29, 1.82) is 0 Å². The highest BCUT2D eigenvalue weighted by Crippen LogP contribution is 2.36. The molecule has 0 aliphatic carbocycles. The summed E-state index contributed by atoms with van der Waals surface area (Å²) in [4.78, 5) is 25.2. The lowest BCUT2D eigenvalue weighted by atomic mass is 10.1. The first-order chi connectivity index (χ1) is 14.0. The van der Waals surface area contributed by atoms with Gasteiger partial charge in [0.1, 0.15) is 11.2 Å². The zero-order valence-corrected chi connectivity index (χ0v) is 16.1. The second-order valence-corrected chi connectivity index (χ2v) is 6.86. The summed E-state index contributed by atoms with van der Waals surface area (Å²) in [7, 11) is 2.98. The minimum absolute atomic E-state index is 0.180. The minimum atomic E-state index is -0.474. The number of benzene rings is 2. The molecule has 6 nitrogen and oxygen atoms in total. The van der Waals surface area contributed by atoms with Crippen LogP contribution in [0.5, 0.6) is 0 Å². The lowest BCUT2D eigenvalue weighted by molar-refractivity contribution is 0.573. The average molecular weight is 393 g/mol. The molecular weight excluding hydrogens is 373 g/mol. The van der Waals surface area contributed by atoms with E-state index < -0.39 is 11.2 Å².